The number of carboxylic acid groups (broad SMARTS) is 2. The average Bonchev–Trinajstić information content (AvgIpc) is 2.91. The summed E-state index contributed by atoms with van der Waals surface area (Å²) in [7, 11) is 0. The molecule has 0 fully saturated rings. The maximum atomic E-state index is 11.4. The third-order valence-corrected chi connectivity index (χ3v) is 8.56. The van der Waals surface area contributed by atoms with Crippen LogP contribution in [-0.4, -0.2) is 49.3 Å². The van der Waals surface area contributed by atoms with Gasteiger partial charge in [0.25, 0.3) is 0 Å². The van der Waals surface area contributed by atoms with Gasteiger partial charge in [0.15, 0.2) is 16.5 Å². The molecule has 0 aliphatic heterocycles. The Bertz CT molecular complexity index is 695. The minimum Gasteiger partial charge on any atom is -0.450 e. The summed E-state index contributed by atoms with van der Waals surface area (Å²) in [6, 6.07) is 0. The van der Waals surface area contributed by atoms with E-state index in [1.54, 1.807) is 0 Å². The van der Waals surface area contributed by atoms with Gasteiger partial charge in [-0.1, -0.05) is 58.6 Å². The molecule has 0 aromatic carbocycles. The van der Waals surface area contributed by atoms with Crippen LogP contribution >= 0.6 is 69.6 Å². The predicted molar refractivity (Wildman–Crippen MR) is 108 cm³/mol. The number of hydrogen-bond donors (Lipinski definition) is 2. The van der Waals surface area contributed by atoms with E-state index in [0.717, 1.165) is 6.42 Å². The van der Waals surface area contributed by atoms with Crippen molar-refractivity contribution in [1.29, 1.82) is 0 Å². The number of allylic oxidation sites excluding steroid dienone is 3. The van der Waals surface area contributed by atoms with Crippen LogP contribution in [0.5, 0.6) is 0 Å². The molecule has 0 bridgehead atoms. The molecule has 6 nitrogen and oxygen atoms in total. The fraction of sp³-hybridized carbons (Fsp3) is 0.625. The predicted octanol–water partition coefficient (Wildman–Crippen LogP) is 6.32. The molecular weight excluding hydrogens is 501 g/mol. The molecule has 0 spiro atoms. The molecule has 2 N–H and O–H groups in total. The summed E-state index contributed by atoms with van der Waals surface area (Å²) in [5.41, 5.74) is 0. The highest BCUT2D eigenvalue weighted by Crippen LogP contribution is 2.59. The first-order valence-corrected chi connectivity index (χ1v) is 10.5. The second kappa shape index (κ2) is 9.27. The quantitative estimate of drug-likeness (QED) is 0.259. The summed E-state index contributed by atoms with van der Waals surface area (Å²) in [5.74, 6) is -0.563. The molecule has 0 aromatic rings. The monoisotopic (exact) mass is 514 g/mol. The van der Waals surface area contributed by atoms with Gasteiger partial charge in [-0.2, -0.15) is 0 Å². The number of alkyl halides is 4. The van der Waals surface area contributed by atoms with Gasteiger partial charge in [-0.15, -0.1) is 23.2 Å². The first kappa shape index (κ1) is 24.0. The van der Waals surface area contributed by atoms with Gasteiger partial charge in [0.2, 0.25) is 0 Å². The Balaban J connectivity index is 2.73. The lowest BCUT2D eigenvalue weighted by molar-refractivity contribution is -0.0631. The van der Waals surface area contributed by atoms with Crippen molar-refractivity contribution in [3.63, 3.8) is 0 Å². The zero-order valence-corrected chi connectivity index (χ0v) is 18.6. The zero-order valence-electron chi connectivity index (χ0n) is 14.1. The van der Waals surface area contributed by atoms with Crippen LogP contribution in [0.2, 0.25) is 0 Å². The van der Waals surface area contributed by atoms with Crippen molar-refractivity contribution in [2.24, 2.45) is 5.92 Å². The fourth-order valence-electron chi connectivity index (χ4n) is 3.50. The van der Waals surface area contributed by atoms with Crippen LogP contribution in [0.1, 0.15) is 25.7 Å². The molecule has 2 aliphatic carbocycles. The topological polar surface area (TPSA) is 93.1 Å². The molecule has 0 radical (unpaired) electrons. The van der Waals surface area contributed by atoms with E-state index in [0.29, 0.717) is 19.3 Å². The molecule has 5 unspecified atom stereocenters. The van der Waals surface area contributed by atoms with Crippen LogP contribution in [-0.2, 0) is 9.47 Å². The molecule has 0 aromatic heterocycles. The Labute approximate surface area is 191 Å². The van der Waals surface area contributed by atoms with Gasteiger partial charge in [-0.25, -0.2) is 9.59 Å². The number of hydrogen-bond acceptors (Lipinski definition) is 4. The van der Waals surface area contributed by atoms with Crippen LogP contribution in [0, 0.1) is 5.92 Å². The van der Waals surface area contributed by atoms with Gasteiger partial charge >= 0.3 is 12.3 Å². The lowest BCUT2D eigenvalue weighted by Crippen LogP contribution is -2.62. The van der Waals surface area contributed by atoms with Gasteiger partial charge < -0.3 is 19.7 Å². The lowest BCUT2D eigenvalue weighted by Gasteiger charge is -2.47. The average molecular weight is 517 g/mol. The molecular formula is C16H16Cl6O6. The van der Waals surface area contributed by atoms with E-state index in [1.807, 2.05) is 12.2 Å². The molecule has 2 aliphatic rings. The van der Waals surface area contributed by atoms with Crippen LogP contribution in [0.25, 0.3) is 0 Å². The Morgan fingerprint density at radius 1 is 1.07 bits per heavy atom. The van der Waals surface area contributed by atoms with Crippen molar-refractivity contribution >= 4 is 81.9 Å². The first-order valence-electron chi connectivity index (χ1n) is 8.15. The standard InChI is InChI=1S/C16H16Cl6O6/c17-8-9(18)11(19)16(21,22)15(20,7-5-3-1-2-4-6-7)12(28-14(25)26)10(8)27-13(23)24/h1,3,7-8,10,12H,2,4-6H2,(H,23,24)(H,25,26). The van der Waals surface area contributed by atoms with E-state index in [4.69, 9.17) is 84.2 Å². The number of rotatable bonds is 3. The van der Waals surface area contributed by atoms with Gasteiger partial charge in [0, 0.05) is 0 Å². The number of carbonyl (C=O) groups is 2. The van der Waals surface area contributed by atoms with Crippen molar-refractivity contribution < 1.29 is 29.3 Å². The second-order valence-electron chi connectivity index (χ2n) is 6.39. The normalized spacial score (nSPS) is 35.6. The van der Waals surface area contributed by atoms with E-state index in [1.165, 1.54) is 0 Å². The minimum absolute atomic E-state index is 0.315. The van der Waals surface area contributed by atoms with Crippen molar-refractivity contribution in [3.05, 3.63) is 22.2 Å². The Hall–Kier alpha value is -0.240. The Morgan fingerprint density at radius 2 is 1.68 bits per heavy atom. The molecule has 0 heterocycles. The van der Waals surface area contributed by atoms with E-state index >= 15 is 0 Å². The van der Waals surface area contributed by atoms with Crippen molar-refractivity contribution in [2.75, 3.05) is 0 Å². The third kappa shape index (κ3) is 4.42. The molecule has 158 valence electrons. The molecule has 12 heteroatoms. The lowest BCUT2D eigenvalue weighted by atomic mass is 9.77. The van der Waals surface area contributed by atoms with Gasteiger partial charge in [0.05, 0.1) is 10.1 Å². The van der Waals surface area contributed by atoms with Crippen LogP contribution < -0.4 is 0 Å². The highest BCUT2D eigenvalue weighted by Gasteiger charge is 2.67. The van der Waals surface area contributed by atoms with Crippen LogP contribution in [0.3, 0.4) is 0 Å². The van der Waals surface area contributed by atoms with E-state index in [9.17, 15) is 14.7 Å². The van der Waals surface area contributed by atoms with Gasteiger partial charge in [-0.05, 0) is 31.6 Å². The van der Waals surface area contributed by atoms with Crippen LogP contribution in [0.4, 0.5) is 9.59 Å². The summed E-state index contributed by atoms with van der Waals surface area (Å²) in [6.45, 7) is 0. The van der Waals surface area contributed by atoms with E-state index in [2.05, 4.69) is 0 Å². The Kier molecular flexibility index (Phi) is 7.96. The molecule has 2 rings (SSSR count). The largest absolute Gasteiger partial charge is 0.506 e. The molecule has 0 saturated carbocycles. The van der Waals surface area contributed by atoms with Gasteiger partial charge in [0.1, 0.15) is 10.3 Å². The summed E-state index contributed by atoms with van der Waals surface area (Å²) in [5, 5.41) is 16.3. The summed E-state index contributed by atoms with van der Waals surface area (Å²) >= 11 is 38.8. The van der Waals surface area contributed by atoms with Crippen molar-refractivity contribution in [2.45, 2.75) is 52.5 Å². The summed E-state index contributed by atoms with van der Waals surface area (Å²) in [4.78, 5) is 20.7. The molecule has 5 atom stereocenters. The smallest absolute Gasteiger partial charge is 0.450 e. The summed E-state index contributed by atoms with van der Waals surface area (Å²) in [6.07, 6.45) is -0.766. The second-order valence-corrected chi connectivity index (χ2v) is 9.60. The van der Waals surface area contributed by atoms with Gasteiger partial charge in [-0.3, -0.25) is 0 Å². The molecule has 0 amide bonds. The number of halogens is 6. The minimum atomic E-state index is -2.15. The molecule has 0 saturated heterocycles. The van der Waals surface area contributed by atoms with E-state index in [-0.39, 0.29) is 10.1 Å². The maximum absolute atomic E-state index is 11.4. The molecule has 28 heavy (non-hydrogen) atoms. The van der Waals surface area contributed by atoms with Crippen molar-refractivity contribution in [1.82, 2.24) is 0 Å². The maximum Gasteiger partial charge on any atom is 0.506 e. The Morgan fingerprint density at radius 3 is 2.25 bits per heavy atom. The highest BCUT2D eigenvalue weighted by atomic mass is 35.5. The number of ether oxygens (including phenoxy) is 2. The zero-order chi connectivity index (χ0) is 21.3. The summed E-state index contributed by atoms with van der Waals surface area (Å²) < 4.78 is 7.65. The van der Waals surface area contributed by atoms with E-state index < -0.39 is 45.0 Å². The van der Waals surface area contributed by atoms with Crippen LogP contribution in [0.15, 0.2) is 22.2 Å². The highest BCUT2D eigenvalue weighted by molar-refractivity contribution is 6.62. The van der Waals surface area contributed by atoms with Crippen molar-refractivity contribution in [3.8, 4) is 0 Å². The third-order valence-electron chi connectivity index (χ3n) is 4.78. The first-order chi connectivity index (χ1) is 12.9. The SMILES string of the molecule is O=C(O)OC1C(Cl)C(Cl)=C(Cl)C(Cl)(Cl)C(Cl)(C2CC=CCCC2)C1OC(=O)O. The fourth-order valence-corrected chi connectivity index (χ4v) is 5.72.